The first-order chi connectivity index (χ1) is 9.40. The largest absolute Gasteiger partial charge is 0.481 e. The molecule has 1 aromatic rings. The number of aliphatic carboxylic acids is 1. The molecule has 1 aliphatic heterocycles. The number of benzene rings is 1. The third-order valence-corrected chi connectivity index (χ3v) is 3.94. The molecular formula is C14H18N2O4. The average molecular weight is 278 g/mol. The van der Waals surface area contributed by atoms with E-state index in [2.05, 4.69) is 4.90 Å². The Bertz CT molecular complexity index is 544. The lowest BCUT2D eigenvalue weighted by Crippen LogP contribution is -2.43. The van der Waals surface area contributed by atoms with Gasteiger partial charge in [-0.05, 0) is 32.3 Å². The second-order valence-electron chi connectivity index (χ2n) is 5.33. The lowest BCUT2D eigenvalue weighted by atomic mass is 9.91. The number of anilines is 1. The minimum atomic E-state index is -0.757. The Balaban J connectivity index is 2.26. The normalized spacial score (nSPS) is 22.6. The molecule has 1 N–H and O–H groups in total. The van der Waals surface area contributed by atoms with E-state index in [9.17, 15) is 14.9 Å². The second-order valence-corrected chi connectivity index (χ2v) is 5.33. The van der Waals surface area contributed by atoms with Crippen LogP contribution < -0.4 is 4.90 Å². The molecule has 0 aliphatic carbocycles. The Labute approximate surface area is 117 Å². The van der Waals surface area contributed by atoms with Crippen molar-refractivity contribution < 1.29 is 14.8 Å². The van der Waals surface area contributed by atoms with Crippen LogP contribution >= 0.6 is 0 Å². The van der Waals surface area contributed by atoms with E-state index in [1.54, 1.807) is 12.1 Å². The monoisotopic (exact) mass is 278 g/mol. The van der Waals surface area contributed by atoms with Crippen LogP contribution in [0.4, 0.5) is 11.4 Å². The first-order valence-electron chi connectivity index (χ1n) is 6.64. The van der Waals surface area contributed by atoms with E-state index in [0.29, 0.717) is 19.4 Å². The van der Waals surface area contributed by atoms with Crippen LogP contribution in [0.2, 0.25) is 0 Å². The number of piperidine rings is 1. The summed E-state index contributed by atoms with van der Waals surface area (Å²) in [5.74, 6) is -1.08. The molecule has 20 heavy (non-hydrogen) atoms. The van der Waals surface area contributed by atoms with Gasteiger partial charge in [0, 0.05) is 30.4 Å². The van der Waals surface area contributed by atoms with E-state index >= 15 is 0 Å². The van der Waals surface area contributed by atoms with E-state index in [-0.39, 0.29) is 17.6 Å². The van der Waals surface area contributed by atoms with E-state index < -0.39 is 10.9 Å². The van der Waals surface area contributed by atoms with Gasteiger partial charge in [-0.2, -0.15) is 0 Å². The maximum atomic E-state index is 11.0. The van der Waals surface area contributed by atoms with Gasteiger partial charge < -0.3 is 10.0 Å². The van der Waals surface area contributed by atoms with Crippen LogP contribution in [0.15, 0.2) is 18.2 Å². The summed E-state index contributed by atoms with van der Waals surface area (Å²) < 4.78 is 0. The summed E-state index contributed by atoms with van der Waals surface area (Å²) in [5.41, 5.74) is 1.87. The van der Waals surface area contributed by atoms with Crippen LogP contribution in [0.3, 0.4) is 0 Å². The fraction of sp³-hybridized carbons (Fsp3) is 0.500. The molecule has 6 nitrogen and oxygen atoms in total. The molecule has 0 aromatic heterocycles. The fourth-order valence-corrected chi connectivity index (χ4v) is 2.78. The summed E-state index contributed by atoms with van der Waals surface area (Å²) in [5, 5.41) is 20.0. The first kappa shape index (κ1) is 14.3. The maximum Gasteiger partial charge on any atom is 0.306 e. The quantitative estimate of drug-likeness (QED) is 0.678. The standard InChI is InChI=1S/C14H18N2O4/c1-9-3-4-12(16(19)20)8-13(9)15-6-5-11(14(17)18)7-10(15)2/h3-4,8,10-11H,5-7H2,1-2H3,(H,17,18). The predicted molar refractivity (Wildman–Crippen MR) is 75.0 cm³/mol. The van der Waals surface area contributed by atoms with Gasteiger partial charge in [0.05, 0.1) is 10.8 Å². The number of carboxylic acid groups (broad SMARTS) is 1. The van der Waals surface area contributed by atoms with Crippen LogP contribution in [0.25, 0.3) is 0 Å². The Kier molecular flexibility index (Phi) is 3.92. The van der Waals surface area contributed by atoms with Crippen molar-refractivity contribution in [3.63, 3.8) is 0 Å². The van der Waals surface area contributed by atoms with Crippen LogP contribution in [-0.4, -0.2) is 28.6 Å². The zero-order valence-corrected chi connectivity index (χ0v) is 11.6. The third-order valence-electron chi connectivity index (χ3n) is 3.94. The molecule has 1 aromatic carbocycles. The van der Waals surface area contributed by atoms with Gasteiger partial charge in [0.15, 0.2) is 0 Å². The summed E-state index contributed by atoms with van der Waals surface area (Å²) in [6, 6.07) is 4.87. The molecule has 108 valence electrons. The summed E-state index contributed by atoms with van der Waals surface area (Å²) >= 11 is 0. The smallest absolute Gasteiger partial charge is 0.306 e. The second kappa shape index (κ2) is 5.48. The van der Waals surface area contributed by atoms with Crippen molar-refractivity contribution in [2.75, 3.05) is 11.4 Å². The molecule has 0 amide bonds. The van der Waals surface area contributed by atoms with Gasteiger partial charge in [-0.3, -0.25) is 14.9 Å². The van der Waals surface area contributed by atoms with Crippen LogP contribution in [-0.2, 0) is 4.79 Å². The summed E-state index contributed by atoms with van der Waals surface area (Å²) in [6.45, 7) is 4.49. The molecule has 0 bridgehead atoms. The first-order valence-corrected chi connectivity index (χ1v) is 6.64. The van der Waals surface area contributed by atoms with Gasteiger partial charge in [0.25, 0.3) is 5.69 Å². The highest BCUT2D eigenvalue weighted by atomic mass is 16.6. The van der Waals surface area contributed by atoms with Crippen molar-refractivity contribution in [3.8, 4) is 0 Å². The molecule has 2 rings (SSSR count). The highest BCUT2D eigenvalue weighted by molar-refractivity contribution is 5.71. The molecule has 0 saturated carbocycles. The number of nitro benzene ring substituents is 1. The SMILES string of the molecule is Cc1ccc([N+](=O)[O-])cc1N1CCC(C(=O)O)CC1C. The number of carboxylic acids is 1. The summed E-state index contributed by atoms with van der Waals surface area (Å²) in [6.07, 6.45) is 1.14. The summed E-state index contributed by atoms with van der Waals surface area (Å²) in [7, 11) is 0. The topological polar surface area (TPSA) is 83.7 Å². The van der Waals surface area contributed by atoms with E-state index in [0.717, 1.165) is 11.3 Å². The zero-order valence-electron chi connectivity index (χ0n) is 11.6. The number of hydrogen-bond acceptors (Lipinski definition) is 4. The molecule has 2 unspecified atom stereocenters. The van der Waals surface area contributed by atoms with E-state index in [1.165, 1.54) is 6.07 Å². The number of aryl methyl sites for hydroxylation is 1. The van der Waals surface area contributed by atoms with Crippen molar-refractivity contribution >= 4 is 17.3 Å². The van der Waals surface area contributed by atoms with Gasteiger partial charge in [0.2, 0.25) is 0 Å². The highest BCUT2D eigenvalue weighted by Gasteiger charge is 2.30. The van der Waals surface area contributed by atoms with Crippen LogP contribution in [0, 0.1) is 23.0 Å². The molecular weight excluding hydrogens is 260 g/mol. The molecule has 1 fully saturated rings. The van der Waals surface area contributed by atoms with Gasteiger partial charge in [-0.25, -0.2) is 0 Å². The van der Waals surface area contributed by atoms with Gasteiger partial charge in [-0.15, -0.1) is 0 Å². The predicted octanol–water partition coefficient (Wildman–Crippen LogP) is 2.59. The Morgan fingerprint density at radius 3 is 2.75 bits per heavy atom. The molecule has 2 atom stereocenters. The molecule has 6 heteroatoms. The average Bonchev–Trinajstić information content (AvgIpc) is 2.39. The lowest BCUT2D eigenvalue weighted by molar-refractivity contribution is -0.384. The number of carbonyl (C=O) groups is 1. The lowest BCUT2D eigenvalue weighted by Gasteiger charge is -2.38. The molecule has 1 heterocycles. The Morgan fingerprint density at radius 2 is 2.20 bits per heavy atom. The Hall–Kier alpha value is -2.11. The minimum Gasteiger partial charge on any atom is -0.481 e. The van der Waals surface area contributed by atoms with Crippen molar-refractivity contribution in [1.82, 2.24) is 0 Å². The zero-order chi connectivity index (χ0) is 14.9. The molecule has 1 saturated heterocycles. The fourth-order valence-electron chi connectivity index (χ4n) is 2.78. The Morgan fingerprint density at radius 1 is 1.50 bits per heavy atom. The van der Waals surface area contributed by atoms with E-state index in [4.69, 9.17) is 5.11 Å². The number of hydrogen-bond donors (Lipinski definition) is 1. The van der Waals surface area contributed by atoms with Gasteiger partial charge in [-0.1, -0.05) is 6.07 Å². The maximum absolute atomic E-state index is 11.0. The number of non-ortho nitro benzene ring substituents is 1. The van der Waals surface area contributed by atoms with Crippen molar-refractivity contribution in [1.29, 1.82) is 0 Å². The van der Waals surface area contributed by atoms with Crippen molar-refractivity contribution in [2.24, 2.45) is 5.92 Å². The molecule has 0 spiro atoms. The van der Waals surface area contributed by atoms with Crippen molar-refractivity contribution in [2.45, 2.75) is 32.7 Å². The number of nitrogens with zero attached hydrogens (tertiary/aromatic N) is 2. The number of rotatable bonds is 3. The van der Waals surface area contributed by atoms with Crippen LogP contribution in [0.5, 0.6) is 0 Å². The van der Waals surface area contributed by atoms with Gasteiger partial charge in [0.1, 0.15) is 0 Å². The van der Waals surface area contributed by atoms with E-state index in [1.807, 2.05) is 13.8 Å². The van der Waals surface area contributed by atoms with Crippen molar-refractivity contribution in [3.05, 3.63) is 33.9 Å². The minimum absolute atomic E-state index is 0.0607. The van der Waals surface area contributed by atoms with Gasteiger partial charge >= 0.3 is 5.97 Å². The molecule has 0 radical (unpaired) electrons. The van der Waals surface area contributed by atoms with Crippen LogP contribution in [0.1, 0.15) is 25.3 Å². The summed E-state index contributed by atoms with van der Waals surface area (Å²) in [4.78, 5) is 23.6. The number of nitro groups is 1. The highest BCUT2D eigenvalue weighted by Crippen LogP contribution is 2.32. The molecule has 1 aliphatic rings. The third kappa shape index (κ3) is 2.74.